The number of aryl methyl sites for hydroxylation is 3. The maximum absolute atomic E-state index is 5.57. The van der Waals surface area contributed by atoms with Crippen molar-refractivity contribution in [1.82, 2.24) is 15.3 Å². The van der Waals surface area contributed by atoms with E-state index in [1.807, 2.05) is 6.92 Å². The van der Waals surface area contributed by atoms with E-state index in [0.717, 1.165) is 28.8 Å². The van der Waals surface area contributed by atoms with E-state index in [2.05, 4.69) is 36.1 Å². The lowest BCUT2D eigenvalue weighted by Crippen LogP contribution is -2.18. The summed E-state index contributed by atoms with van der Waals surface area (Å²) in [6.07, 6.45) is 2.68. The minimum atomic E-state index is 0.271. The molecule has 0 aromatic carbocycles. The molecule has 0 bridgehead atoms. The molecule has 18 heavy (non-hydrogen) atoms. The smallest absolute Gasteiger partial charge is 0.208 e. The molecular weight excluding hydrogens is 246 g/mol. The summed E-state index contributed by atoms with van der Waals surface area (Å²) in [5, 5.41) is 4.53. The summed E-state index contributed by atoms with van der Waals surface area (Å²) in [5.41, 5.74) is 1.11. The Morgan fingerprint density at radius 2 is 2.22 bits per heavy atom. The predicted molar refractivity (Wildman–Crippen MR) is 72.7 cm³/mol. The first-order chi connectivity index (χ1) is 8.60. The zero-order valence-electron chi connectivity index (χ0n) is 11.3. The second kappa shape index (κ2) is 5.63. The first-order valence-electron chi connectivity index (χ1n) is 6.21. The van der Waals surface area contributed by atoms with Crippen molar-refractivity contribution >= 4 is 11.3 Å². The van der Waals surface area contributed by atoms with Crippen LogP contribution in [0, 0.1) is 13.8 Å². The highest BCUT2D eigenvalue weighted by atomic mass is 32.1. The number of rotatable bonds is 5. The van der Waals surface area contributed by atoms with Crippen molar-refractivity contribution in [2.75, 3.05) is 0 Å². The third kappa shape index (κ3) is 2.97. The third-order valence-electron chi connectivity index (χ3n) is 2.84. The fourth-order valence-corrected chi connectivity index (χ4v) is 2.83. The van der Waals surface area contributed by atoms with Gasteiger partial charge in [0.25, 0.3) is 0 Å². The Kier molecular flexibility index (Phi) is 4.14. The van der Waals surface area contributed by atoms with E-state index in [4.69, 9.17) is 4.42 Å². The molecule has 0 fully saturated rings. The number of thiazole rings is 1. The number of hydrogen-bond donors (Lipinski definition) is 1. The van der Waals surface area contributed by atoms with Crippen LogP contribution in [0.5, 0.6) is 0 Å². The molecule has 2 aromatic heterocycles. The Bertz CT molecular complexity index is 518. The summed E-state index contributed by atoms with van der Waals surface area (Å²) in [7, 11) is 0. The molecule has 2 heterocycles. The van der Waals surface area contributed by atoms with Gasteiger partial charge in [-0.05, 0) is 20.8 Å². The van der Waals surface area contributed by atoms with E-state index in [-0.39, 0.29) is 6.04 Å². The highest BCUT2D eigenvalue weighted by Crippen LogP contribution is 2.24. The Balaban J connectivity index is 1.95. The molecule has 1 N–H and O–H groups in total. The maximum atomic E-state index is 5.57. The van der Waals surface area contributed by atoms with Crippen LogP contribution in [0.3, 0.4) is 0 Å². The molecule has 0 spiro atoms. The molecule has 2 aromatic rings. The lowest BCUT2D eigenvalue weighted by atomic mass is 10.2. The minimum Gasteiger partial charge on any atom is -0.444 e. The Morgan fingerprint density at radius 3 is 2.78 bits per heavy atom. The van der Waals surface area contributed by atoms with Crippen molar-refractivity contribution < 1.29 is 4.42 Å². The zero-order valence-corrected chi connectivity index (χ0v) is 12.1. The van der Waals surface area contributed by atoms with Crippen LogP contribution in [-0.4, -0.2) is 9.97 Å². The Morgan fingerprint density at radius 1 is 1.44 bits per heavy atom. The summed E-state index contributed by atoms with van der Waals surface area (Å²) in [5.74, 6) is 1.68. The summed E-state index contributed by atoms with van der Waals surface area (Å²) in [4.78, 5) is 9.97. The molecule has 0 saturated heterocycles. The predicted octanol–water partition coefficient (Wildman–Crippen LogP) is 3.16. The fourth-order valence-electron chi connectivity index (χ4n) is 1.88. The van der Waals surface area contributed by atoms with Crippen LogP contribution >= 0.6 is 11.3 Å². The fraction of sp³-hybridized carbons (Fsp3) is 0.538. The van der Waals surface area contributed by atoms with Gasteiger partial charge < -0.3 is 9.73 Å². The molecule has 4 nitrogen and oxygen atoms in total. The molecule has 98 valence electrons. The van der Waals surface area contributed by atoms with E-state index in [0.29, 0.717) is 6.54 Å². The zero-order chi connectivity index (χ0) is 13.1. The second-order valence-electron chi connectivity index (χ2n) is 4.36. The van der Waals surface area contributed by atoms with Crippen LogP contribution < -0.4 is 5.32 Å². The van der Waals surface area contributed by atoms with E-state index in [9.17, 15) is 0 Å². The first-order valence-corrected chi connectivity index (χ1v) is 7.02. The number of oxazole rings is 1. The molecule has 1 unspecified atom stereocenters. The molecule has 5 heteroatoms. The molecule has 0 aliphatic heterocycles. The van der Waals surface area contributed by atoms with Gasteiger partial charge in [-0.15, -0.1) is 11.3 Å². The molecule has 0 radical (unpaired) electrons. The highest BCUT2D eigenvalue weighted by Gasteiger charge is 2.13. The first kappa shape index (κ1) is 13.2. The van der Waals surface area contributed by atoms with Gasteiger partial charge in [0, 0.05) is 17.3 Å². The largest absolute Gasteiger partial charge is 0.444 e. The van der Waals surface area contributed by atoms with E-state index in [1.54, 1.807) is 17.5 Å². The molecule has 0 aliphatic carbocycles. The van der Waals surface area contributed by atoms with Crippen molar-refractivity contribution in [2.45, 2.75) is 46.7 Å². The topological polar surface area (TPSA) is 51.0 Å². The number of aromatic nitrogens is 2. The van der Waals surface area contributed by atoms with Gasteiger partial charge in [-0.1, -0.05) is 6.92 Å². The number of nitrogens with zero attached hydrogens (tertiary/aromatic N) is 2. The van der Waals surface area contributed by atoms with Crippen molar-refractivity contribution in [3.05, 3.63) is 33.4 Å². The van der Waals surface area contributed by atoms with Crippen LogP contribution in [0.2, 0.25) is 0 Å². The molecule has 2 rings (SSSR count). The van der Waals surface area contributed by atoms with Gasteiger partial charge in [0.15, 0.2) is 0 Å². The van der Waals surface area contributed by atoms with E-state index in [1.165, 1.54) is 4.88 Å². The van der Waals surface area contributed by atoms with Gasteiger partial charge in [0.05, 0.1) is 23.4 Å². The molecule has 0 aliphatic rings. The number of hydrogen-bond acceptors (Lipinski definition) is 5. The monoisotopic (exact) mass is 265 g/mol. The highest BCUT2D eigenvalue weighted by molar-refractivity contribution is 7.11. The van der Waals surface area contributed by atoms with Crippen LogP contribution in [0.4, 0.5) is 0 Å². The maximum Gasteiger partial charge on any atom is 0.208 e. The van der Waals surface area contributed by atoms with E-state index >= 15 is 0 Å². The van der Waals surface area contributed by atoms with Crippen molar-refractivity contribution in [1.29, 1.82) is 0 Å². The molecule has 1 atom stereocenters. The van der Waals surface area contributed by atoms with Crippen LogP contribution in [-0.2, 0) is 13.0 Å². The average Bonchev–Trinajstić information content (AvgIpc) is 2.92. The summed E-state index contributed by atoms with van der Waals surface area (Å²) in [6, 6.07) is 0.271. The summed E-state index contributed by atoms with van der Waals surface area (Å²) < 4.78 is 5.57. The van der Waals surface area contributed by atoms with Gasteiger partial charge in [-0.3, -0.25) is 0 Å². The lowest BCUT2D eigenvalue weighted by molar-refractivity contribution is 0.425. The quantitative estimate of drug-likeness (QED) is 0.902. The average molecular weight is 265 g/mol. The Hall–Kier alpha value is -1.20. The normalized spacial score (nSPS) is 12.9. The van der Waals surface area contributed by atoms with Crippen LogP contribution in [0.15, 0.2) is 10.6 Å². The second-order valence-corrected chi connectivity index (χ2v) is 5.59. The van der Waals surface area contributed by atoms with Crippen molar-refractivity contribution in [3.8, 4) is 0 Å². The van der Waals surface area contributed by atoms with Crippen LogP contribution in [0.1, 0.15) is 47.1 Å². The molecule has 0 saturated carbocycles. The Labute approximate surface area is 111 Å². The van der Waals surface area contributed by atoms with Gasteiger partial charge >= 0.3 is 0 Å². The number of nitrogens with one attached hydrogen (secondary N) is 1. The van der Waals surface area contributed by atoms with E-state index < -0.39 is 0 Å². The minimum absolute atomic E-state index is 0.271. The van der Waals surface area contributed by atoms with Gasteiger partial charge in [-0.2, -0.15) is 0 Å². The summed E-state index contributed by atoms with van der Waals surface area (Å²) >= 11 is 1.74. The van der Waals surface area contributed by atoms with Gasteiger partial charge in [0.2, 0.25) is 5.89 Å². The molecule has 0 amide bonds. The van der Waals surface area contributed by atoms with Crippen LogP contribution in [0.25, 0.3) is 0 Å². The molecular formula is C13H19N3OS. The lowest BCUT2D eigenvalue weighted by Gasteiger charge is -2.10. The standard InChI is InChI=1S/C13H19N3OS/c1-5-11-6-15-12(17-11)7-14-8(2)13-9(3)16-10(4)18-13/h6,8,14H,5,7H2,1-4H3. The summed E-state index contributed by atoms with van der Waals surface area (Å²) in [6.45, 7) is 8.94. The van der Waals surface area contributed by atoms with Crippen molar-refractivity contribution in [2.24, 2.45) is 0 Å². The van der Waals surface area contributed by atoms with Gasteiger partial charge in [-0.25, -0.2) is 9.97 Å². The SMILES string of the molecule is CCc1cnc(CNC(C)c2sc(C)nc2C)o1. The third-order valence-corrected chi connectivity index (χ3v) is 4.10. The van der Waals surface area contributed by atoms with Gasteiger partial charge in [0.1, 0.15) is 5.76 Å². The van der Waals surface area contributed by atoms with Crippen molar-refractivity contribution in [3.63, 3.8) is 0 Å².